The van der Waals surface area contributed by atoms with Gasteiger partial charge in [0.05, 0.1) is 5.39 Å². The Balaban J connectivity index is 1.21. The van der Waals surface area contributed by atoms with E-state index in [4.69, 9.17) is 8.83 Å². The normalized spacial score (nSPS) is 11.9. The molecule has 8 aromatic carbocycles. The summed E-state index contributed by atoms with van der Waals surface area (Å²) in [6.45, 7) is 0. The highest BCUT2D eigenvalue weighted by Crippen LogP contribution is 2.46. The Kier molecular flexibility index (Phi) is 5.31. The van der Waals surface area contributed by atoms with Gasteiger partial charge in [0.2, 0.25) is 0 Å². The molecular formula is C44H26O2. The smallest absolute Gasteiger partial charge is 0.147 e. The van der Waals surface area contributed by atoms with Crippen LogP contribution < -0.4 is 0 Å². The van der Waals surface area contributed by atoms with Gasteiger partial charge in [-0.15, -0.1) is 0 Å². The second kappa shape index (κ2) is 9.69. The average molecular weight is 587 g/mol. The molecule has 2 heteroatoms. The van der Waals surface area contributed by atoms with E-state index in [9.17, 15) is 0 Å². The van der Waals surface area contributed by atoms with Crippen molar-refractivity contribution >= 4 is 65.4 Å². The van der Waals surface area contributed by atoms with E-state index in [1.165, 1.54) is 49.4 Å². The van der Waals surface area contributed by atoms with Crippen LogP contribution in [0.1, 0.15) is 0 Å². The van der Waals surface area contributed by atoms with Crippen molar-refractivity contribution in [2.75, 3.05) is 0 Å². The van der Waals surface area contributed by atoms with E-state index in [0.29, 0.717) is 0 Å². The van der Waals surface area contributed by atoms with Crippen LogP contribution in [-0.2, 0) is 0 Å². The van der Waals surface area contributed by atoms with Gasteiger partial charge in [-0.25, -0.2) is 0 Å². The van der Waals surface area contributed by atoms with E-state index >= 15 is 0 Å². The lowest BCUT2D eigenvalue weighted by molar-refractivity contribution is 0.663. The summed E-state index contributed by atoms with van der Waals surface area (Å²) >= 11 is 0. The summed E-state index contributed by atoms with van der Waals surface area (Å²) in [7, 11) is 0. The van der Waals surface area contributed by atoms with Gasteiger partial charge in [0, 0.05) is 16.2 Å². The maximum atomic E-state index is 6.70. The van der Waals surface area contributed by atoms with Crippen molar-refractivity contribution in [2.24, 2.45) is 0 Å². The lowest BCUT2D eigenvalue weighted by Crippen LogP contribution is -1.91. The molecule has 0 aliphatic carbocycles. The molecule has 2 heterocycles. The highest BCUT2D eigenvalue weighted by atomic mass is 16.3. The predicted octanol–water partition coefficient (Wildman–Crippen LogP) is 12.8. The monoisotopic (exact) mass is 586 g/mol. The number of hydrogen-bond donors (Lipinski definition) is 0. The summed E-state index contributed by atoms with van der Waals surface area (Å²) in [5, 5.41) is 9.24. The van der Waals surface area contributed by atoms with Gasteiger partial charge in [0.25, 0.3) is 0 Å². The zero-order valence-corrected chi connectivity index (χ0v) is 24.8. The average Bonchev–Trinajstić information content (AvgIpc) is 3.69. The van der Waals surface area contributed by atoms with Gasteiger partial charge in [-0.3, -0.25) is 0 Å². The number of hydrogen-bond acceptors (Lipinski definition) is 2. The molecule has 0 aliphatic heterocycles. The van der Waals surface area contributed by atoms with E-state index in [1.54, 1.807) is 0 Å². The van der Waals surface area contributed by atoms with E-state index in [0.717, 1.165) is 49.4 Å². The molecule has 2 aromatic heterocycles. The predicted molar refractivity (Wildman–Crippen MR) is 192 cm³/mol. The van der Waals surface area contributed by atoms with Gasteiger partial charge in [-0.1, -0.05) is 127 Å². The summed E-state index contributed by atoms with van der Waals surface area (Å²) in [6.07, 6.45) is 0. The Bertz CT molecular complexity index is 2720. The molecule has 0 amide bonds. The fourth-order valence-electron chi connectivity index (χ4n) is 7.41. The molecule has 0 bridgehead atoms. The summed E-state index contributed by atoms with van der Waals surface area (Å²) in [4.78, 5) is 0. The quantitative estimate of drug-likeness (QED) is 0.193. The zero-order chi connectivity index (χ0) is 30.2. The molecule has 0 saturated heterocycles. The molecule has 46 heavy (non-hydrogen) atoms. The van der Waals surface area contributed by atoms with Crippen molar-refractivity contribution in [1.29, 1.82) is 0 Å². The summed E-state index contributed by atoms with van der Waals surface area (Å²) in [6, 6.07) is 56.2. The first-order chi connectivity index (χ1) is 22.8. The number of para-hydroxylation sites is 1. The van der Waals surface area contributed by atoms with Crippen LogP contribution in [-0.4, -0.2) is 0 Å². The Labute approximate surface area is 264 Å². The Morgan fingerprint density at radius 1 is 0.283 bits per heavy atom. The molecular weight excluding hydrogens is 560 g/mol. The minimum Gasteiger partial charge on any atom is -0.456 e. The summed E-state index contributed by atoms with van der Waals surface area (Å²) in [5.74, 6) is 0. The minimum atomic E-state index is 0.845. The molecule has 0 saturated carbocycles. The summed E-state index contributed by atoms with van der Waals surface area (Å²) in [5.41, 5.74) is 10.7. The fraction of sp³-hybridized carbons (Fsp3) is 0. The maximum absolute atomic E-state index is 6.70. The van der Waals surface area contributed by atoms with Crippen molar-refractivity contribution in [3.8, 4) is 33.4 Å². The Morgan fingerprint density at radius 2 is 0.804 bits per heavy atom. The molecule has 2 nitrogen and oxygen atoms in total. The van der Waals surface area contributed by atoms with Crippen LogP contribution in [0.5, 0.6) is 0 Å². The maximum Gasteiger partial charge on any atom is 0.147 e. The largest absolute Gasteiger partial charge is 0.456 e. The van der Waals surface area contributed by atoms with Crippen LogP contribution in [0.2, 0.25) is 0 Å². The van der Waals surface area contributed by atoms with Crippen molar-refractivity contribution in [1.82, 2.24) is 0 Å². The third-order valence-electron chi connectivity index (χ3n) is 9.48. The molecule has 0 radical (unpaired) electrons. The van der Waals surface area contributed by atoms with Crippen LogP contribution in [0.15, 0.2) is 167 Å². The third kappa shape index (κ3) is 3.65. The molecule has 0 atom stereocenters. The number of rotatable bonds is 3. The van der Waals surface area contributed by atoms with Crippen molar-refractivity contribution in [3.63, 3.8) is 0 Å². The number of furan rings is 2. The van der Waals surface area contributed by atoms with E-state index in [2.05, 4.69) is 146 Å². The molecule has 0 unspecified atom stereocenters. The molecule has 0 fully saturated rings. The van der Waals surface area contributed by atoms with Crippen LogP contribution in [0.4, 0.5) is 0 Å². The molecule has 0 aliphatic rings. The van der Waals surface area contributed by atoms with Crippen LogP contribution >= 0.6 is 0 Å². The number of fused-ring (bicyclic) bond motifs is 9. The van der Waals surface area contributed by atoms with Gasteiger partial charge >= 0.3 is 0 Å². The molecule has 10 rings (SSSR count). The SMILES string of the molecule is c1ccc(-c2ccc(-c3c4ccccc4c(-c4ccc5c(c4)oc4c5ccc5oc6ccccc6c54)c4ccccc34)cc2)cc1. The van der Waals surface area contributed by atoms with E-state index in [-0.39, 0.29) is 0 Å². The van der Waals surface area contributed by atoms with Crippen LogP contribution in [0.3, 0.4) is 0 Å². The van der Waals surface area contributed by atoms with Crippen molar-refractivity contribution in [3.05, 3.63) is 158 Å². The summed E-state index contributed by atoms with van der Waals surface area (Å²) < 4.78 is 12.9. The van der Waals surface area contributed by atoms with Gasteiger partial charge in [0.1, 0.15) is 22.3 Å². The van der Waals surface area contributed by atoms with E-state index in [1.807, 2.05) is 12.1 Å². The minimum absolute atomic E-state index is 0.845. The topological polar surface area (TPSA) is 26.3 Å². The van der Waals surface area contributed by atoms with Crippen LogP contribution in [0, 0.1) is 0 Å². The zero-order valence-electron chi connectivity index (χ0n) is 24.8. The van der Waals surface area contributed by atoms with Gasteiger partial charge in [-0.2, -0.15) is 0 Å². The molecule has 10 aromatic rings. The molecule has 0 spiro atoms. The van der Waals surface area contributed by atoms with Crippen molar-refractivity contribution < 1.29 is 8.83 Å². The van der Waals surface area contributed by atoms with Gasteiger partial charge < -0.3 is 8.83 Å². The van der Waals surface area contributed by atoms with Crippen LogP contribution in [0.25, 0.3) is 98.8 Å². The first kappa shape index (κ1) is 25.2. The fourth-order valence-corrected chi connectivity index (χ4v) is 7.41. The number of benzene rings is 8. The Morgan fingerprint density at radius 3 is 1.50 bits per heavy atom. The lowest BCUT2D eigenvalue weighted by atomic mass is 9.85. The molecule has 214 valence electrons. The second-order valence-electron chi connectivity index (χ2n) is 12.0. The highest BCUT2D eigenvalue weighted by molar-refractivity contribution is 6.24. The Hall–Kier alpha value is -6.12. The first-order valence-electron chi connectivity index (χ1n) is 15.7. The second-order valence-corrected chi connectivity index (χ2v) is 12.0. The van der Waals surface area contributed by atoms with Gasteiger partial charge in [0.15, 0.2) is 0 Å². The lowest BCUT2D eigenvalue weighted by Gasteiger charge is -2.18. The van der Waals surface area contributed by atoms with E-state index < -0.39 is 0 Å². The van der Waals surface area contributed by atoms with Crippen molar-refractivity contribution in [2.45, 2.75) is 0 Å². The standard InChI is InChI=1S/C44H26O2/c1-2-10-27(11-3-1)28-18-20-29(21-19-28)41-32-12-4-6-14-34(32)42(35-15-7-5-13-33(35)41)30-22-23-31-36-24-25-39-43(44(36)46-40(31)26-30)37-16-8-9-17-38(37)45-39/h1-26H. The third-order valence-corrected chi connectivity index (χ3v) is 9.48. The highest BCUT2D eigenvalue weighted by Gasteiger charge is 2.19. The molecule has 0 N–H and O–H groups in total. The first-order valence-corrected chi connectivity index (χ1v) is 15.7. The van der Waals surface area contributed by atoms with Gasteiger partial charge in [-0.05, 0) is 85.3 Å².